The van der Waals surface area contributed by atoms with Crippen LogP contribution in [0.25, 0.3) is 0 Å². The third-order valence-electron chi connectivity index (χ3n) is 4.31. The highest BCUT2D eigenvalue weighted by atomic mass is 79.9. The molecule has 1 aliphatic rings. The van der Waals surface area contributed by atoms with Crippen LogP contribution in [0.3, 0.4) is 0 Å². The molecule has 0 amide bonds. The molecule has 25 heavy (non-hydrogen) atoms. The molecule has 1 aliphatic carbocycles. The van der Waals surface area contributed by atoms with Crippen molar-refractivity contribution < 1.29 is 19.0 Å². The van der Waals surface area contributed by atoms with Crippen molar-refractivity contribution in [3.63, 3.8) is 0 Å². The monoisotopic (exact) mass is 404 g/mol. The van der Waals surface area contributed by atoms with Crippen LogP contribution in [0.4, 0.5) is 4.79 Å². The van der Waals surface area contributed by atoms with Crippen LogP contribution in [0.15, 0.2) is 40.9 Å². The number of ether oxygens (including phenoxy) is 3. The number of hydrogen-bond acceptors (Lipinski definition) is 4. The lowest BCUT2D eigenvalue weighted by atomic mass is 10.0. The second-order valence-corrected chi connectivity index (χ2v) is 6.92. The summed E-state index contributed by atoms with van der Waals surface area (Å²) in [4.78, 5) is 11.4. The largest absolute Gasteiger partial charge is 0.513 e. The number of benzene rings is 2. The fraction of sp³-hybridized carbons (Fsp3) is 0.350. The number of methoxy groups -OCH3 is 1. The van der Waals surface area contributed by atoms with Gasteiger partial charge in [-0.1, -0.05) is 41.1 Å². The first-order chi connectivity index (χ1) is 12.1. The van der Waals surface area contributed by atoms with Crippen LogP contribution >= 0.6 is 15.9 Å². The first kappa shape index (κ1) is 17.8. The lowest BCUT2D eigenvalue weighted by Gasteiger charge is -2.15. The zero-order chi connectivity index (χ0) is 17.8. The number of hydrogen-bond donors (Lipinski definition) is 0. The normalized spacial score (nSPS) is 13.4. The Morgan fingerprint density at radius 2 is 2.00 bits per heavy atom. The van der Waals surface area contributed by atoms with Gasteiger partial charge in [0.05, 0.1) is 7.11 Å². The molecule has 0 bridgehead atoms. The lowest BCUT2D eigenvalue weighted by Crippen LogP contribution is -2.10. The molecular formula is C20H21BrO4. The molecule has 1 fully saturated rings. The standard InChI is InChI=1S/C20H21BrO4/c1-3-13-7-10-18(15(11-13)14-8-9-14)24-12-16-17(21)5-4-6-19(16)25-20(22)23-2/h4-7,10-11,14H,3,8-9,12H2,1-2H3. The highest BCUT2D eigenvalue weighted by molar-refractivity contribution is 9.10. The van der Waals surface area contributed by atoms with Crippen LogP contribution in [0.5, 0.6) is 11.5 Å². The molecule has 1 saturated carbocycles. The summed E-state index contributed by atoms with van der Waals surface area (Å²) in [6, 6.07) is 11.8. The van der Waals surface area contributed by atoms with Crippen LogP contribution in [0.2, 0.25) is 0 Å². The van der Waals surface area contributed by atoms with Gasteiger partial charge in [-0.15, -0.1) is 0 Å². The number of carbonyl (C=O) groups is 1. The van der Waals surface area contributed by atoms with Gasteiger partial charge in [0.15, 0.2) is 0 Å². The van der Waals surface area contributed by atoms with Crippen molar-refractivity contribution in [3.8, 4) is 11.5 Å². The lowest BCUT2D eigenvalue weighted by molar-refractivity contribution is 0.120. The number of rotatable bonds is 6. The molecular weight excluding hydrogens is 384 g/mol. The Morgan fingerprint density at radius 1 is 1.20 bits per heavy atom. The van der Waals surface area contributed by atoms with Gasteiger partial charge in [-0.25, -0.2) is 4.79 Å². The van der Waals surface area contributed by atoms with Crippen LogP contribution in [-0.2, 0) is 17.8 Å². The van der Waals surface area contributed by atoms with Crippen molar-refractivity contribution in [2.24, 2.45) is 0 Å². The summed E-state index contributed by atoms with van der Waals surface area (Å²) in [5.74, 6) is 1.94. The van der Waals surface area contributed by atoms with Crippen LogP contribution < -0.4 is 9.47 Å². The van der Waals surface area contributed by atoms with E-state index in [9.17, 15) is 4.79 Å². The Bertz CT molecular complexity index is 768. The van der Waals surface area contributed by atoms with Crippen molar-refractivity contribution in [3.05, 3.63) is 57.6 Å². The minimum Gasteiger partial charge on any atom is -0.488 e. The Balaban J connectivity index is 1.81. The van der Waals surface area contributed by atoms with E-state index < -0.39 is 6.16 Å². The molecule has 0 radical (unpaired) electrons. The fourth-order valence-corrected chi connectivity index (χ4v) is 3.18. The summed E-state index contributed by atoms with van der Waals surface area (Å²) >= 11 is 3.50. The Kier molecular flexibility index (Phi) is 5.63. The van der Waals surface area contributed by atoms with E-state index in [1.165, 1.54) is 31.1 Å². The van der Waals surface area contributed by atoms with Gasteiger partial charge in [0.25, 0.3) is 0 Å². The van der Waals surface area contributed by atoms with Gasteiger partial charge in [0.2, 0.25) is 0 Å². The molecule has 2 aromatic rings. The van der Waals surface area contributed by atoms with Crippen LogP contribution in [0, 0.1) is 0 Å². The van der Waals surface area contributed by atoms with E-state index in [4.69, 9.17) is 9.47 Å². The molecule has 0 aliphatic heterocycles. The Labute approximate surface area is 156 Å². The minimum absolute atomic E-state index is 0.305. The number of carbonyl (C=O) groups excluding carboxylic acids is 1. The van der Waals surface area contributed by atoms with E-state index >= 15 is 0 Å². The molecule has 0 heterocycles. The molecule has 4 nitrogen and oxygen atoms in total. The van der Waals surface area contributed by atoms with Crippen LogP contribution in [0.1, 0.15) is 42.4 Å². The summed E-state index contributed by atoms with van der Waals surface area (Å²) in [7, 11) is 1.29. The molecule has 132 valence electrons. The predicted octanol–water partition coefficient (Wildman–Crippen LogP) is 5.61. The molecule has 0 unspecified atom stereocenters. The molecule has 2 aromatic carbocycles. The first-order valence-electron chi connectivity index (χ1n) is 8.41. The van der Waals surface area contributed by atoms with Gasteiger partial charge >= 0.3 is 6.16 Å². The summed E-state index contributed by atoms with van der Waals surface area (Å²) in [6.45, 7) is 2.46. The zero-order valence-electron chi connectivity index (χ0n) is 14.4. The van der Waals surface area contributed by atoms with E-state index in [0.717, 1.165) is 22.2 Å². The Hall–Kier alpha value is -2.01. The first-order valence-corrected chi connectivity index (χ1v) is 9.20. The van der Waals surface area contributed by atoms with E-state index in [-0.39, 0.29) is 0 Å². The molecule has 5 heteroatoms. The van der Waals surface area contributed by atoms with Crippen LogP contribution in [-0.4, -0.2) is 13.3 Å². The summed E-state index contributed by atoms with van der Waals surface area (Å²) < 4.78 is 16.7. The maximum absolute atomic E-state index is 11.4. The molecule has 0 saturated heterocycles. The average Bonchev–Trinajstić information content (AvgIpc) is 3.46. The van der Waals surface area contributed by atoms with Gasteiger partial charge in [-0.3, -0.25) is 0 Å². The van der Waals surface area contributed by atoms with Gasteiger partial charge in [-0.2, -0.15) is 0 Å². The van der Waals surface area contributed by atoms with Crippen molar-refractivity contribution in [2.75, 3.05) is 7.11 Å². The molecule has 0 aromatic heterocycles. The van der Waals surface area contributed by atoms with Gasteiger partial charge < -0.3 is 14.2 Å². The van der Waals surface area contributed by atoms with Crippen molar-refractivity contribution >= 4 is 22.1 Å². The smallest absolute Gasteiger partial charge is 0.488 e. The quantitative estimate of drug-likeness (QED) is 0.463. The Morgan fingerprint density at radius 3 is 2.68 bits per heavy atom. The molecule has 0 spiro atoms. The maximum atomic E-state index is 11.4. The number of halogens is 1. The van der Waals surface area contributed by atoms with E-state index in [0.29, 0.717) is 18.3 Å². The van der Waals surface area contributed by atoms with Gasteiger partial charge in [-0.05, 0) is 54.5 Å². The second-order valence-electron chi connectivity index (χ2n) is 6.06. The third-order valence-corrected chi connectivity index (χ3v) is 5.05. The fourth-order valence-electron chi connectivity index (χ4n) is 2.72. The minimum atomic E-state index is -0.745. The summed E-state index contributed by atoms with van der Waals surface area (Å²) in [5, 5.41) is 0. The molecule has 0 N–H and O–H groups in total. The van der Waals surface area contributed by atoms with Crippen molar-refractivity contribution in [1.82, 2.24) is 0 Å². The predicted molar refractivity (Wildman–Crippen MR) is 99.3 cm³/mol. The van der Waals surface area contributed by atoms with Gasteiger partial charge in [0.1, 0.15) is 18.1 Å². The zero-order valence-corrected chi connectivity index (χ0v) is 16.0. The van der Waals surface area contributed by atoms with E-state index in [2.05, 4.69) is 39.7 Å². The SMILES string of the molecule is CCc1ccc(OCc2c(Br)cccc2OC(=O)OC)c(C2CC2)c1. The average molecular weight is 405 g/mol. The topological polar surface area (TPSA) is 44.8 Å². The molecule has 3 rings (SSSR count). The summed E-state index contributed by atoms with van der Waals surface area (Å²) in [6.07, 6.45) is 2.71. The van der Waals surface area contributed by atoms with Crippen molar-refractivity contribution in [1.29, 1.82) is 0 Å². The second kappa shape index (κ2) is 7.91. The highest BCUT2D eigenvalue weighted by Gasteiger charge is 2.27. The van der Waals surface area contributed by atoms with Gasteiger partial charge in [0, 0.05) is 10.0 Å². The van der Waals surface area contributed by atoms with E-state index in [1.807, 2.05) is 12.1 Å². The maximum Gasteiger partial charge on any atom is 0.513 e. The summed E-state index contributed by atoms with van der Waals surface area (Å²) in [5.41, 5.74) is 3.38. The van der Waals surface area contributed by atoms with E-state index in [1.54, 1.807) is 12.1 Å². The highest BCUT2D eigenvalue weighted by Crippen LogP contribution is 2.45. The molecule has 0 atom stereocenters. The third kappa shape index (κ3) is 4.34. The van der Waals surface area contributed by atoms with Crippen molar-refractivity contribution in [2.45, 2.75) is 38.7 Å². The number of aryl methyl sites for hydroxylation is 1.